The molecule has 0 spiro atoms. The third-order valence-corrected chi connectivity index (χ3v) is 4.35. The fraction of sp³-hybridized carbons (Fsp3) is 0.278. The van der Waals surface area contributed by atoms with E-state index < -0.39 is 0 Å². The third-order valence-electron chi connectivity index (χ3n) is 3.34. The minimum Gasteiger partial charge on any atom is -0.349 e. The van der Waals surface area contributed by atoms with Crippen molar-refractivity contribution < 1.29 is 4.79 Å². The van der Waals surface area contributed by atoms with Gasteiger partial charge in [0.2, 0.25) is 5.91 Å². The zero-order chi connectivity index (χ0) is 15.1. The molecular formula is C18H21NOS. The van der Waals surface area contributed by atoms with Crippen molar-refractivity contribution in [3.63, 3.8) is 0 Å². The standard InChI is InChI=1S/C18H21NOS/c1-3-17(15-7-5-4-6-8-15)19-18(20)13-21-16-11-9-14(2)10-12-16/h4-12,17H,3,13H2,1-2H3,(H,19,20)/t17-/m0/s1. The maximum Gasteiger partial charge on any atom is 0.230 e. The molecule has 0 aliphatic carbocycles. The second-order valence-electron chi connectivity index (χ2n) is 5.04. The van der Waals surface area contributed by atoms with Crippen LogP contribution in [0.15, 0.2) is 59.5 Å². The molecule has 2 aromatic carbocycles. The van der Waals surface area contributed by atoms with Crippen LogP contribution < -0.4 is 5.32 Å². The third kappa shape index (κ3) is 4.94. The van der Waals surface area contributed by atoms with Gasteiger partial charge in [0.1, 0.15) is 0 Å². The molecule has 0 saturated carbocycles. The van der Waals surface area contributed by atoms with E-state index in [4.69, 9.17) is 0 Å². The monoisotopic (exact) mass is 299 g/mol. The molecule has 0 saturated heterocycles. The molecule has 0 aliphatic rings. The quantitative estimate of drug-likeness (QED) is 0.803. The first-order valence-corrected chi connectivity index (χ1v) is 8.21. The summed E-state index contributed by atoms with van der Waals surface area (Å²) in [7, 11) is 0. The Morgan fingerprint density at radius 2 is 1.76 bits per heavy atom. The fourth-order valence-electron chi connectivity index (χ4n) is 2.13. The smallest absolute Gasteiger partial charge is 0.230 e. The number of hydrogen-bond acceptors (Lipinski definition) is 2. The first-order chi connectivity index (χ1) is 10.2. The van der Waals surface area contributed by atoms with Gasteiger partial charge in [0.05, 0.1) is 11.8 Å². The molecular weight excluding hydrogens is 278 g/mol. The van der Waals surface area contributed by atoms with Gasteiger partial charge in [0.25, 0.3) is 0 Å². The van der Waals surface area contributed by atoms with E-state index in [0.29, 0.717) is 5.75 Å². The van der Waals surface area contributed by atoms with Gasteiger partial charge >= 0.3 is 0 Å². The molecule has 0 aromatic heterocycles. The number of carbonyl (C=O) groups excluding carboxylic acids is 1. The van der Waals surface area contributed by atoms with Crippen molar-refractivity contribution in [1.82, 2.24) is 5.32 Å². The summed E-state index contributed by atoms with van der Waals surface area (Å²) in [6, 6.07) is 18.5. The highest BCUT2D eigenvalue weighted by atomic mass is 32.2. The summed E-state index contributed by atoms with van der Waals surface area (Å²) in [5.41, 5.74) is 2.40. The zero-order valence-corrected chi connectivity index (χ0v) is 13.3. The summed E-state index contributed by atoms with van der Waals surface area (Å²) in [4.78, 5) is 13.2. The lowest BCUT2D eigenvalue weighted by Crippen LogP contribution is -2.29. The maximum absolute atomic E-state index is 12.1. The Hall–Kier alpha value is -1.74. The zero-order valence-electron chi connectivity index (χ0n) is 12.5. The Balaban J connectivity index is 1.87. The second-order valence-corrected chi connectivity index (χ2v) is 6.09. The van der Waals surface area contributed by atoms with Crippen molar-refractivity contribution in [2.75, 3.05) is 5.75 Å². The lowest BCUT2D eigenvalue weighted by molar-refractivity contribution is -0.119. The van der Waals surface area contributed by atoms with Crippen LogP contribution in [0.25, 0.3) is 0 Å². The number of hydrogen-bond donors (Lipinski definition) is 1. The van der Waals surface area contributed by atoms with Crippen molar-refractivity contribution in [2.45, 2.75) is 31.2 Å². The molecule has 0 radical (unpaired) electrons. The molecule has 2 aromatic rings. The molecule has 1 atom stereocenters. The van der Waals surface area contributed by atoms with Crippen LogP contribution in [0.5, 0.6) is 0 Å². The van der Waals surface area contributed by atoms with E-state index in [-0.39, 0.29) is 11.9 Å². The molecule has 0 unspecified atom stereocenters. The van der Waals surface area contributed by atoms with Gasteiger partial charge in [-0.2, -0.15) is 0 Å². The lowest BCUT2D eigenvalue weighted by Gasteiger charge is -2.17. The first kappa shape index (κ1) is 15.6. The topological polar surface area (TPSA) is 29.1 Å². The van der Waals surface area contributed by atoms with Crippen LogP contribution in [-0.4, -0.2) is 11.7 Å². The molecule has 21 heavy (non-hydrogen) atoms. The van der Waals surface area contributed by atoms with Gasteiger partial charge in [-0.15, -0.1) is 11.8 Å². The number of benzene rings is 2. The molecule has 0 bridgehead atoms. The highest BCUT2D eigenvalue weighted by Gasteiger charge is 2.12. The minimum absolute atomic E-state index is 0.0799. The molecule has 1 N–H and O–H groups in total. The summed E-state index contributed by atoms with van der Waals surface area (Å²) in [6.45, 7) is 4.15. The van der Waals surface area contributed by atoms with Crippen LogP contribution >= 0.6 is 11.8 Å². The van der Waals surface area contributed by atoms with Gasteiger partial charge in [-0.1, -0.05) is 55.0 Å². The largest absolute Gasteiger partial charge is 0.349 e. The predicted molar refractivity (Wildman–Crippen MR) is 89.5 cm³/mol. The Bertz CT molecular complexity index is 566. The molecule has 0 fully saturated rings. The molecule has 110 valence electrons. The van der Waals surface area contributed by atoms with E-state index in [9.17, 15) is 4.79 Å². The fourth-order valence-corrected chi connectivity index (χ4v) is 2.84. The Morgan fingerprint density at radius 1 is 1.10 bits per heavy atom. The number of carbonyl (C=O) groups is 1. The van der Waals surface area contributed by atoms with Gasteiger partial charge in [-0.3, -0.25) is 4.79 Å². The highest BCUT2D eigenvalue weighted by Crippen LogP contribution is 2.20. The van der Waals surface area contributed by atoms with Gasteiger partial charge < -0.3 is 5.32 Å². The second kappa shape index (κ2) is 7.89. The van der Waals surface area contributed by atoms with Crippen molar-refractivity contribution in [2.24, 2.45) is 0 Å². The number of nitrogens with one attached hydrogen (secondary N) is 1. The van der Waals surface area contributed by atoms with Crippen molar-refractivity contribution in [3.8, 4) is 0 Å². The molecule has 0 aliphatic heterocycles. The number of rotatable bonds is 6. The van der Waals surface area contributed by atoms with Crippen LogP contribution in [0.1, 0.15) is 30.5 Å². The van der Waals surface area contributed by atoms with Crippen LogP contribution in [0, 0.1) is 6.92 Å². The predicted octanol–water partition coefficient (Wildman–Crippen LogP) is 4.35. The van der Waals surface area contributed by atoms with E-state index in [1.165, 1.54) is 5.56 Å². The van der Waals surface area contributed by atoms with Crippen molar-refractivity contribution in [1.29, 1.82) is 0 Å². The van der Waals surface area contributed by atoms with Crippen molar-refractivity contribution in [3.05, 3.63) is 65.7 Å². The van der Waals surface area contributed by atoms with Gasteiger partial charge in [0, 0.05) is 4.90 Å². The van der Waals surface area contributed by atoms with Crippen LogP contribution in [0.3, 0.4) is 0 Å². The van der Waals surface area contributed by atoms with E-state index in [0.717, 1.165) is 16.9 Å². The summed E-state index contributed by atoms with van der Waals surface area (Å²) >= 11 is 1.57. The summed E-state index contributed by atoms with van der Waals surface area (Å²) in [5.74, 6) is 0.531. The van der Waals surface area contributed by atoms with E-state index in [2.05, 4.69) is 55.6 Å². The van der Waals surface area contributed by atoms with E-state index in [1.54, 1.807) is 11.8 Å². The normalized spacial score (nSPS) is 11.9. The SMILES string of the molecule is CC[C@H](NC(=O)CSc1ccc(C)cc1)c1ccccc1. The minimum atomic E-state index is 0.0799. The Morgan fingerprint density at radius 3 is 2.38 bits per heavy atom. The van der Waals surface area contributed by atoms with Gasteiger partial charge in [-0.25, -0.2) is 0 Å². The average molecular weight is 299 g/mol. The van der Waals surface area contributed by atoms with Crippen LogP contribution in [0.2, 0.25) is 0 Å². The van der Waals surface area contributed by atoms with Crippen LogP contribution in [0.4, 0.5) is 0 Å². The highest BCUT2D eigenvalue weighted by molar-refractivity contribution is 8.00. The van der Waals surface area contributed by atoms with E-state index >= 15 is 0 Å². The number of aryl methyl sites for hydroxylation is 1. The molecule has 2 nitrogen and oxygen atoms in total. The van der Waals surface area contributed by atoms with E-state index in [1.807, 2.05) is 18.2 Å². The summed E-state index contributed by atoms with van der Waals surface area (Å²) in [5, 5.41) is 3.10. The van der Waals surface area contributed by atoms with Crippen molar-refractivity contribution >= 4 is 17.7 Å². The maximum atomic E-state index is 12.1. The molecule has 0 heterocycles. The first-order valence-electron chi connectivity index (χ1n) is 7.23. The number of thioether (sulfide) groups is 1. The van der Waals surface area contributed by atoms with Gasteiger partial charge in [0.15, 0.2) is 0 Å². The average Bonchev–Trinajstić information content (AvgIpc) is 2.53. The Labute approximate surface area is 131 Å². The Kier molecular flexibility index (Phi) is 5.88. The molecule has 1 amide bonds. The lowest BCUT2D eigenvalue weighted by atomic mass is 10.0. The van der Waals surface area contributed by atoms with Gasteiger partial charge in [-0.05, 0) is 31.0 Å². The molecule has 2 rings (SSSR count). The molecule has 3 heteroatoms. The number of amides is 1. The summed E-state index contributed by atoms with van der Waals surface area (Å²) < 4.78 is 0. The van der Waals surface area contributed by atoms with Crippen LogP contribution in [-0.2, 0) is 4.79 Å². The summed E-state index contributed by atoms with van der Waals surface area (Å²) in [6.07, 6.45) is 0.894.